The summed E-state index contributed by atoms with van der Waals surface area (Å²) in [4.78, 5) is 0.180. The molecule has 0 radical (unpaired) electrons. The SMILES string of the molecule is Cc1oc(CN)cc1S(=O)(=O)NC1Cc2ccccc2C1. The van der Waals surface area contributed by atoms with Gasteiger partial charge in [0.2, 0.25) is 10.0 Å². The van der Waals surface area contributed by atoms with E-state index in [2.05, 4.69) is 4.72 Å². The molecule has 0 atom stereocenters. The van der Waals surface area contributed by atoms with Crippen molar-refractivity contribution in [2.24, 2.45) is 5.73 Å². The molecule has 6 heteroatoms. The van der Waals surface area contributed by atoms with E-state index in [0.29, 0.717) is 11.5 Å². The lowest BCUT2D eigenvalue weighted by Crippen LogP contribution is -2.35. The van der Waals surface area contributed by atoms with E-state index < -0.39 is 10.0 Å². The van der Waals surface area contributed by atoms with Crippen molar-refractivity contribution in [2.75, 3.05) is 0 Å². The predicted molar refractivity (Wildman–Crippen MR) is 79.3 cm³/mol. The highest BCUT2D eigenvalue weighted by Gasteiger charge is 2.28. The van der Waals surface area contributed by atoms with E-state index in [0.717, 1.165) is 12.8 Å². The minimum atomic E-state index is -3.58. The van der Waals surface area contributed by atoms with Gasteiger partial charge >= 0.3 is 0 Å². The summed E-state index contributed by atoms with van der Waals surface area (Å²) in [5.41, 5.74) is 7.90. The summed E-state index contributed by atoms with van der Waals surface area (Å²) >= 11 is 0. The fraction of sp³-hybridized carbons (Fsp3) is 0.333. The molecule has 3 N–H and O–H groups in total. The number of nitrogens with one attached hydrogen (secondary N) is 1. The van der Waals surface area contributed by atoms with Crippen molar-refractivity contribution in [3.8, 4) is 0 Å². The number of hydrogen-bond acceptors (Lipinski definition) is 4. The second-order valence-corrected chi connectivity index (χ2v) is 7.01. The Hall–Kier alpha value is -1.63. The number of sulfonamides is 1. The lowest BCUT2D eigenvalue weighted by molar-refractivity contribution is 0.478. The van der Waals surface area contributed by atoms with Gasteiger partial charge in [0.05, 0.1) is 6.54 Å². The average Bonchev–Trinajstić information content (AvgIpc) is 3.00. The molecule has 0 spiro atoms. The molecule has 0 saturated carbocycles. The summed E-state index contributed by atoms with van der Waals surface area (Å²) in [6.07, 6.45) is 1.44. The van der Waals surface area contributed by atoms with Crippen LogP contribution in [0.2, 0.25) is 0 Å². The van der Waals surface area contributed by atoms with Crippen molar-refractivity contribution in [2.45, 2.75) is 37.2 Å². The molecule has 1 aromatic heterocycles. The van der Waals surface area contributed by atoms with Gasteiger partial charge in [0, 0.05) is 12.1 Å². The number of furan rings is 1. The molecule has 21 heavy (non-hydrogen) atoms. The fourth-order valence-electron chi connectivity index (χ4n) is 2.82. The quantitative estimate of drug-likeness (QED) is 0.896. The molecular weight excluding hydrogens is 288 g/mol. The fourth-order valence-corrected chi connectivity index (χ4v) is 4.26. The number of aryl methyl sites for hydroxylation is 1. The highest BCUT2D eigenvalue weighted by Crippen LogP contribution is 2.25. The first-order chi connectivity index (χ1) is 9.99. The van der Waals surface area contributed by atoms with Crippen molar-refractivity contribution < 1.29 is 12.8 Å². The van der Waals surface area contributed by atoms with Crippen LogP contribution in [0.5, 0.6) is 0 Å². The zero-order chi connectivity index (χ0) is 15.0. The predicted octanol–water partition coefficient (Wildman–Crippen LogP) is 1.49. The van der Waals surface area contributed by atoms with Crippen molar-refractivity contribution >= 4 is 10.0 Å². The van der Waals surface area contributed by atoms with Gasteiger partial charge in [-0.05, 0) is 30.9 Å². The first kappa shape index (κ1) is 14.3. The molecule has 0 bridgehead atoms. The van der Waals surface area contributed by atoms with E-state index in [-0.39, 0.29) is 17.5 Å². The number of nitrogens with two attached hydrogens (primary N) is 1. The minimum absolute atomic E-state index is 0.108. The van der Waals surface area contributed by atoms with Gasteiger partial charge in [-0.1, -0.05) is 24.3 Å². The molecule has 1 aromatic carbocycles. The van der Waals surface area contributed by atoms with Crippen LogP contribution in [0.4, 0.5) is 0 Å². The molecule has 112 valence electrons. The zero-order valence-corrected chi connectivity index (χ0v) is 12.6. The molecule has 0 fully saturated rings. The maximum atomic E-state index is 12.5. The summed E-state index contributed by atoms with van der Waals surface area (Å²) in [6.45, 7) is 1.82. The van der Waals surface area contributed by atoms with Crippen LogP contribution in [-0.4, -0.2) is 14.5 Å². The van der Waals surface area contributed by atoms with Crippen LogP contribution >= 0.6 is 0 Å². The van der Waals surface area contributed by atoms with Crippen LogP contribution in [0.1, 0.15) is 22.6 Å². The van der Waals surface area contributed by atoms with Crippen LogP contribution < -0.4 is 10.5 Å². The average molecular weight is 306 g/mol. The molecule has 1 aliphatic carbocycles. The Bertz CT molecular complexity index is 740. The van der Waals surface area contributed by atoms with E-state index in [1.165, 1.54) is 17.2 Å². The Morgan fingerprint density at radius 3 is 2.43 bits per heavy atom. The molecule has 0 saturated heterocycles. The van der Waals surface area contributed by atoms with Crippen LogP contribution in [0.15, 0.2) is 39.6 Å². The molecule has 5 nitrogen and oxygen atoms in total. The lowest BCUT2D eigenvalue weighted by Gasteiger charge is -2.11. The Morgan fingerprint density at radius 1 is 1.29 bits per heavy atom. The van der Waals surface area contributed by atoms with E-state index in [9.17, 15) is 8.42 Å². The third kappa shape index (κ3) is 2.74. The largest absolute Gasteiger partial charge is 0.464 e. The summed E-state index contributed by atoms with van der Waals surface area (Å²) in [6, 6.07) is 9.42. The topological polar surface area (TPSA) is 85.3 Å². The van der Waals surface area contributed by atoms with E-state index in [1.54, 1.807) is 6.92 Å². The van der Waals surface area contributed by atoms with Crippen molar-refractivity contribution in [1.29, 1.82) is 0 Å². The monoisotopic (exact) mass is 306 g/mol. The number of benzene rings is 1. The summed E-state index contributed by atoms with van der Waals surface area (Å²) < 4.78 is 33.1. The van der Waals surface area contributed by atoms with Crippen LogP contribution in [-0.2, 0) is 29.4 Å². The maximum Gasteiger partial charge on any atom is 0.244 e. The lowest BCUT2D eigenvalue weighted by atomic mass is 10.1. The van der Waals surface area contributed by atoms with Crippen molar-refractivity contribution in [3.05, 3.63) is 53.0 Å². The second kappa shape index (κ2) is 5.29. The van der Waals surface area contributed by atoms with Crippen LogP contribution in [0.25, 0.3) is 0 Å². The normalized spacial score (nSPS) is 15.3. The van der Waals surface area contributed by atoms with Gasteiger partial charge < -0.3 is 10.2 Å². The standard InChI is InChI=1S/C15H18N2O3S/c1-10-15(8-14(9-16)20-10)21(18,19)17-13-6-11-4-2-3-5-12(11)7-13/h2-5,8,13,17H,6-7,9,16H2,1H3. The highest BCUT2D eigenvalue weighted by molar-refractivity contribution is 7.89. The third-order valence-electron chi connectivity index (χ3n) is 3.79. The summed E-state index contributed by atoms with van der Waals surface area (Å²) in [7, 11) is -3.58. The van der Waals surface area contributed by atoms with Crippen LogP contribution in [0, 0.1) is 6.92 Å². The van der Waals surface area contributed by atoms with Gasteiger partial charge in [-0.15, -0.1) is 0 Å². The molecule has 0 amide bonds. The first-order valence-electron chi connectivity index (χ1n) is 6.88. The number of hydrogen-bond donors (Lipinski definition) is 2. The van der Waals surface area contributed by atoms with Crippen molar-refractivity contribution in [1.82, 2.24) is 4.72 Å². The molecule has 3 rings (SSSR count). The molecule has 1 aliphatic rings. The maximum absolute atomic E-state index is 12.5. The minimum Gasteiger partial charge on any atom is -0.464 e. The first-order valence-corrected chi connectivity index (χ1v) is 8.36. The van der Waals surface area contributed by atoms with E-state index in [4.69, 9.17) is 10.2 Å². The van der Waals surface area contributed by atoms with Gasteiger partial charge in [-0.25, -0.2) is 13.1 Å². The van der Waals surface area contributed by atoms with Crippen LogP contribution in [0.3, 0.4) is 0 Å². The molecule has 1 heterocycles. The summed E-state index contributed by atoms with van der Waals surface area (Å²) in [5.74, 6) is 0.848. The number of fused-ring (bicyclic) bond motifs is 1. The third-order valence-corrected chi connectivity index (χ3v) is 5.41. The summed E-state index contributed by atoms with van der Waals surface area (Å²) in [5, 5.41) is 0. The molecular formula is C15H18N2O3S. The molecule has 2 aromatic rings. The Morgan fingerprint density at radius 2 is 1.90 bits per heavy atom. The zero-order valence-electron chi connectivity index (χ0n) is 11.8. The number of rotatable bonds is 4. The Balaban J connectivity index is 1.80. The molecule has 0 aliphatic heterocycles. The molecule has 0 unspecified atom stereocenters. The van der Waals surface area contributed by atoms with Gasteiger partial charge in [0.25, 0.3) is 0 Å². The smallest absolute Gasteiger partial charge is 0.244 e. The van der Waals surface area contributed by atoms with Crippen molar-refractivity contribution in [3.63, 3.8) is 0 Å². The highest BCUT2D eigenvalue weighted by atomic mass is 32.2. The van der Waals surface area contributed by atoms with E-state index in [1.807, 2.05) is 24.3 Å². The second-order valence-electron chi connectivity index (χ2n) is 5.33. The van der Waals surface area contributed by atoms with E-state index >= 15 is 0 Å². The van der Waals surface area contributed by atoms with Gasteiger partial charge in [-0.2, -0.15) is 0 Å². The van der Waals surface area contributed by atoms with Gasteiger partial charge in [-0.3, -0.25) is 0 Å². The van der Waals surface area contributed by atoms with Gasteiger partial charge in [0.1, 0.15) is 16.4 Å². The Kier molecular flexibility index (Phi) is 3.61. The van der Waals surface area contributed by atoms with Gasteiger partial charge in [0.15, 0.2) is 0 Å². The Labute approximate surface area is 124 Å².